The van der Waals surface area contributed by atoms with Crippen LogP contribution in [0.15, 0.2) is 36.9 Å². The first-order valence-electron chi connectivity index (χ1n) is 5.99. The molecular weight excluding hydrogens is 274 g/mol. The van der Waals surface area contributed by atoms with Crippen molar-refractivity contribution in [2.45, 2.75) is 19.3 Å². The van der Waals surface area contributed by atoms with Gasteiger partial charge in [0.2, 0.25) is 0 Å². The maximum atomic E-state index is 12.9. The maximum absolute atomic E-state index is 12.9. The Labute approximate surface area is 113 Å². The summed E-state index contributed by atoms with van der Waals surface area (Å²) < 4.78 is 53.0. The highest BCUT2D eigenvalue weighted by atomic mass is 19.4. The molecule has 1 aromatic heterocycles. The summed E-state index contributed by atoms with van der Waals surface area (Å²) in [7, 11) is 0. The lowest BCUT2D eigenvalue weighted by atomic mass is 10.1. The van der Waals surface area contributed by atoms with E-state index in [-0.39, 0.29) is 12.1 Å². The van der Waals surface area contributed by atoms with Crippen LogP contribution in [0.2, 0.25) is 0 Å². The smallest absolute Gasteiger partial charge is 0.336 e. The Bertz CT molecular complexity index is 549. The molecule has 0 bridgehead atoms. The minimum absolute atomic E-state index is 0.0316. The van der Waals surface area contributed by atoms with Crippen molar-refractivity contribution in [1.29, 1.82) is 0 Å². The van der Waals surface area contributed by atoms with E-state index in [1.54, 1.807) is 18.7 Å². The van der Waals surface area contributed by atoms with Crippen molar-refractivity contribution in [3.05, 3.63) is 53.9 Å². The van der Waals surface area contributed by atoms with Crippen molar-refractivity contribution in [3.63, 3.8) is 0 Å². The predicted molar refractivity (Wildman–Crippen MR) is 65.3 cm³/mol. The summed E-state index contributed by atoms with van der Waals surface area (Å²) in [6.07, 6.45) is 0.465. The molecule has 0 saturated heterocycles. The highest BCUT2D eigenvalue weighted by Crippen LogP contribution is 2.32. The van der Waals surface area contributed by atoms with E-state index in [4.69, 9.17) is 0 Å². The van der Waals surface area contributed by atoms with Crippen LogP contribution in [0.4, 0.5) is 17.6 Å². The zero-order chi connectivity index (χ0) is 14.6. The van der Waals surface area contributed by atoms with Crippen LogP contribution in [0.3, 0.4) is 0 Å². The first-order valence-corrected chi connectivity index (χ1v) is 5.99. The standard InChI is InChI=1S/C13H13F4N3/c14-11-2-1-10(12(7-11)13(15,16)17)8-18-3-5-20-6-4-19-9-20/h1-2,4,6-7,9,18H,3,5,8H2. The largest absolute Gasteiger partial charge is 0.416 e. The average molecular weight is 287 g/mol. The Hall–Kier alpha value is -1.89. The number of aromatic nitrogens is 2. The number of alkyl halides is 3. The zero-order valence-electron chi connectivity index (χ0n) is 10.5. The van der Waals surface area contributed by atoms with Gasteiger partial charge in [0.15, 0.2) is 0 Å². The summed E-state index contributed by atoms with van der Waals surface area (Å²) in [5.41, 5.74) is -0.905. The Morgan fingerprint density at radius 3 is 2.70 bits per heavy atom. The highest BCUT2D eigenvalue weighted by molar-refractivity contribution is 5.30. The Balaban J connectivity index is 1.95. The van der Waals surface area contributed by atoms with Crippen LogP contribution in [0, 0.1) is 5.82 Å². The van der Waals surface area contributed by atoms with Gasteiger partial charge in [-0.05, 0) is 17.7 Å². The predicted octanol–water partition coefficient (Wildman–Crippen LogP) is 2.83. The van der Waals surface area contributed by atoms with E-state index >= 15 is 0 Å². The summed E-state index contributed by atoms with van der Waals surface area (Å²) >= 11 is 0. The van der Waals surface area contributed by atoms with Gasteiger partial charge in [-0.2, -0.15) is 13.2 Å². The van der Waals surface area contributed by atoms with Gasteiger partial charge >= 0.3 is 6.18 Å². The minimum Gasteiger partial charge on any atom is -0.336 e. The second kappa shape index (κ2) is 6.04. The van der Waals surface area contributed by atoms with E-state index in [2.05, 4.69) is 10.3 Å². The van der Waals surface area contributed by atoms with Gasteiger partial charge in [-0.15, -0.1) is 0 Å². The van der Waals surface area contributed by atoms with Gasteiger partial charge in [-0.1, -0.05) is 6.07 Å². The number of nitrogens with one attached hydrogen (secondary N) is 1. The number of nitrogens with zero attached hydrogens (tertiary/aromatic N) is 2. The zero-order valence-corrected chi connectivity index (χ0v) is 10.5. The van der Waals surface area contributed by atoms with E-state index in [0.29, 0.717) is 19.2 Å². The van der Waals surface area contributed by atoms with E-state index in [1.165, 1.54) is 0 Å². The number of halogens is 4. The molecule has 1 N–H and O–H groups in total. The molecule has 0 atom stereocenters. The van der Waals surface area contributed by atoms with Crippen molar-refractivity contribution >= 4 is 0 Å². The van der Waals surface area contributed by atoms with Gasteiger partial charge in [-0.25, -0.2) is 9.37 Å². The molecular formula is C13H13F4N3. The Kier molecular flexibility index (Phi) is 4.39. The van der Waals surface area contributed by atoms with Gasteiger partial charge in [0, 0.05) is 32.0 Å². The second-order valence-corrected chi connectivity index (χ2v) is 4.28. The average Bonchev–Trinajstić information content (AvgIpc) is 2.88. The number of hydrogen-bond acceptors (Lipinski definition) is 2. The SMILES string of the molecule is Fc1ccc(CNCCn2ccnc2)c(C(F)(F)F)c1. The molecule has 0 radical (unpaired) electrons. The molecule has 0 aliphatic carbocycles. The molecule has 2 aromatic rings. The lowest BCUT2D eigenvalue weighted by molar-refractivity contribution is -0.138. The van der Waals surface area contributed by atoms with Crippen LogP contribution in [0.1, 0.15) is 11.1 Å². The number of rotatable bonds is 5. The van der Waals surface area contributed by atoms with Gasteiger partial charge in [0.05, 0.1) is 11.9 Å². The lowest BCUT2D eigenvalue weighted by Crippen LogP contribution is -2.21. The number of imidazole rings is 1. The maximum Gasteiger partial charge on any atom is 0.416 e. The molecule has 3 nitrogen and oxygen atoms in total. The van der Waals surface area contributed by atoms with Crippen molar-refractivity contribution < 1.29 is 17.6 Å². The van der Waals surface area contributed by atoms with Crippen molar-refractivity contribution in [2.24, 2.45) is 0 Å². The van der Waals surface area contributed by atoms with E-state index in [9.17, 15) is 17.6 Å². The molecule has 0 aliphatic rings. The first kappa shape index (κ1) is 14.5. The molecule has 1 aromatic carbocycles. The van der Waals surface area contributed by atoms with Crippen LogP contribution >= 0.6 is 0 Å². The van der Waals surface area contributed by atoms with Gasteiger partial charge in [-0.3, -0.25) is 0 Å². The Morgan fingerprint density at radius 2 is 2.05 bits per heavy atom. The van der Waals surface area contributed by atoms with Gasteiger partial charge in [0.25, 0.3) is 0 Å². The first-order chi connectivity index (χ1) is 9.47. The molecule has 20 heavy (non-hydrogen) atoms. The molecule has 0 aliphatic heterocycles. The monoisotopic (exact) mass is 287 g/mol. The molecule has 0 fully saturated rings. The van der Waals surface area contributed by atoms with Crippen LogP contribution in [0.5, 0.6) is 0 Å². The molecule has 7 heteroatoms. The number of hydrogen-bond donors (Lipinski definition) is 1. The third kappa shape index (κ3) is 3.80. The van der Waals surface area contributed by atoms with Crippen LogP contribution in [-0.4, -0.2) is 16.1 Å². The summed E-state index contributed by atoms with van der Waals surface area (Å²) in [6.45, 7) is 1.12. The molecule has 0 spiro atoms. The fraction of sp³-hybridized carbons (Fsp3) is 0.308. The molecule has 0 saturated carbocycles. The van der Waals surface area contributed by atoms with Gasteiger partial charge in [0.1, 0.15) is 5.82 Å². The lowest BCUT2D eigenvalue weighted by Gasteiger charge is -2.13. The minimum atomic E-state index is -4.55. The van der Waals surface area contributed by atoms with Gasteiger partial charge < -0.3 is 9.88 Å². The van der Waals surface area contributed by atoms with E-state index < -0.39 is 17.6 Å². The topological polar surface area (TPSA) is 29.9 Å². The third-order valence-corrected chi connectivity index (χ3v) is 2.80. The second-order valence-electron chi connectivity index (χ2n) is 4.28. The molecule has 1 heterocycles. The van der Waals surface area contributed by atoms with Crippen molar-refractivity contribution in [1.82, 2.24) is 14.9 Å². The molecule has 108 valence electrons. The highest BCUT2D eigenvalue weighted by Gasteiger charge is 2.33. The van der Waals surface area contributed by atoms with E-state index in [1.807, 2.05) is 4.57 Å². The van der Waals surface area contributed by atoms with Crippen LogP contribution in [-0.2, 0) is 19.3 Å². The number of benzene rings is 1. The quantitative estimate of drug-likeness (QED) is 0.677. The van der Waals surface area contributed by atoms with Crippen molar-refractivity contribution in [3.8, 4) is 0 Å². The molecule has 2 rings (SSSR count). The van der Waals surface area contributed by atoms with Crippen molar-refractivity contribution in [2.75, 3.05) is 6.54 Å². The Morgan fingerprint density at radius 1 is 1.25 bits per heavy atom. The molecule has 0 amide bonds. The summed E-state index contributed by atoms with van der Waals surface area (Å²) in [5, 5.41) is 2.90. The fourth-order valence-electron chi connectivity index (χ4n) is 1.82. The summed E-state index contributed by atoms with van der Waals surface area (Å²) in [6, 6.07) is 2.71. The summed E-state index contributed by atoms with van der Waals surface area (Å²) in [4.78, 5) is 3.86. The summed E-state index contributed by atoms with van der Waals surface area (Å²) in [5.74, 6) is -0.889. The van der Waals surface area contributed by atoms with Crippen LogP contribution in [0.25, 0.3) is 0 Å². The normalized spacial score (nSPS) is 11.8. The van der Waals surface area contributed by atoms with E-state index in [0.717, 1.165) is 12.1 Å². The fourth-order valence-corrected chi connectivity index (χ4v) is 1.82. The van der Waals surface area contributed by atoms with Crippen LogP contribution < -0.4 is 5.32 Å². The third-order valence-electron chi connectivity index (χ3n) is 2.80. The molecule has 0 unspecified atom stereocenters.